The van der Waals surface area contributed by atoms with E-state index in [0.717, 1.165) is 10.9 Å². The number of rotatable bonds is 3. The summed E-state index contributed by atoms with van der Waals surface area (Å²) < 4.78 is 2.79. The summed E-state index contributed by atoms with van der Waals surface area (Å²) in [4.78, 5) is 12.3. The molecule has 0 radical (unpaired) electrons. The van der Waals surface area contributed by atoms with Gasteiger partial charge in [-0.1, -0.05) is 40.9 Å². The number of halogens is 3. The van der Waals surface area contributed by atoms with E-state index in [9.17, 15) is 4.79 Å². The van der Waals surface area contributed by atoms with E-state index in [1.165, 1.54) is 11.3 Å². The van der Waals surface area contributed by atoms with Crippen LogP contribution in [0.5, 0.6) is 0 Å². The zero-order chi connectivity index (χ0) is 14.3. The van der Waals surface area contributed by atoms with Crippen molar-refractivity contribution in [1.82, 2.24) is 4.57 Å². The van der Waals surface area contributed by atoms with Crippen molar-refractivity contribution in [2.24, 2.45) is 0 Å². The summed E-state index contributed by atoms with van der Waals surface area (Å²) in [5.74, 6) is -0.0735. The quantitative estimate of drug-likeness (QED) is 0.571. The van der Waals surface area contributed by atoms with Gasteiger partial charge in [0.25, 0.3) is 0 Å². The SMILES string of the molecule is O=C(Cn1ccc2ccc(Cl)cc21)c1cc(Cl)sc1Cl. The molecule has 0 aliphatic heterocycles. The predicted molar refractivity (Wildman–Crippen MR) is 85.6 cm³/mol. The van der Waals surface area contributed by atoms with Crippen LogP contribution < -0.4 is 0 Å². The summed E-state index contributed by atoms with van der Waals surface area (Å²) in [7, 11) is 0. The first kappa shape index (κ1) is 14.0. The highest BCUT2D eigenvalue weighted by Crippen LogP contribution is 2.32. The number of fused-ring (bicyclic) bond motifs is 1. The molecule has 2 aromatic heterocycles. The molecule has 3 aromatic rings. The van der Waals surface area contributed by atoms with Crippen molar-refractivity contribution in [3.8, 4) is 0 Å². The predicted octanol–water partition coefficient (Wildman–Crippen LogP) is 5.55. The van der Waals surface area contributed by atoms with Crippen LogP contribution in [0.25, 0.3) is 10.9 Å². The zero-order valence-electron chi connectivity index (χ0n) is 10.1. The monoisotopic (exact) mass is 343 g/mol. The molecule has 102 valence electrons. The van der Waals surface area contributed by atoms with Crippen molar-refractivity contribution >= 4 is 62.8 Å². The van der Waals surface area contributed by atoms with E-state index in [1.54, 1.807) is 6.07 Å². The van der Waals surface area contributed by atoms with E-state index in [2.05, 4.69) is 0 Å². The molecule has 0 saturated heterocycles. The van der Waals surface area contributed by atoms with Gasteiger partial charge >= 0.3 is 0 Å². The lowest BCUT2D eigenvalue weighted by molar-refractivity contribution is 0.0974. The molecule has 0 saturated carbocycles. The number of carbonyl (C=O) groups excluding carboxylic acids is 1. The van der Waals surface area contributed by atoms with Gasteiger partial charge in [-0.25, -0.2) is 0 Å². The number of carbonyl (C=O) groups is 1. The summed E-state index contributed by atoms with van der Waals surface area (Å²) in [5, 5.41) is 1.68. The summed E-state index contributed by atoms with van der Waals surface area (Å²) in [6, 6.07) is 9.14. The van der Waals surface area contributed by atoms with Gasteiger partial charge in [0.2, 0.25) is 0 Å². The second-order valence-electron chi connectivity index (χ2n) is 4.31. The number of hydrogen-bond donors (Lipinski definition) is 0. The van der Waals surface area contributed by atoms with Crippen molar-refractivity contribution in [2.45, 2.75) is 6.54 Å². The maximum absolute atomic E-state index is 12.3. The fraction of sp³-hybridized carbons (Fsp3) is 0.0714. The molecule has 0 unspecified atom stereocenters. The van der Waals surface area contributed by atoms with Crippen LogP contribution in [0.3, 0.4) is 0 Å². The van der Waals surface area contributed by atoms with Gasteiger partial charge in [0, 0.05) is 16.7 Å². The fourth-order valence-corrected chi connectivity index (χ4v) is 3.73. The minimum atomic E-state index is -0.0735. The molecule has 0 amide bonds. The van der Waals surface area contributed by atoms with Gasteiger partial charge in [0.15, 0.2) is 5.78 Å². The van der Waals surface area contributed by atoms with Gasteiger partial charge in [-0.2, -0.15) is 0 Å². The summed E-state index contributed by atoms with van der Waals surface area (Å²) in [6.45, 7) is 0.205. The summed E-state index contributed by atoms with van der Waals surface area (Å²) in [6.07, 6.45) is 1.86. The Kier molecular flexibility index (Phi) is 3.78. The van der Waals surface area contributed by atoms with E-state index >= 15 is 0 Å². The third kappa shape index (κ3) is 2.59. The van der Waals surface area contributed by atoms with Crippen LogP contribution in [-0.4, -0.2) is 10.4 Å². The molecule has 0 atom stereocenters. The van der Waals surface area contributed by atoms with Gasteiger partial charge < -0.3 is 4.57 Å². The molecule has 0 aliphatic carbocycles. The van der Waals surface area contributed by atoms with Crippen LogP contribution in [-0.2, 0) is 6.54 Å². The highest BCUT2D eigenvalue weighted by Gasteiger charge is 2.15. The number of nitrogens with zero attached hydrogens (tertiary/aromatic N) is 1. The van der Waals surface area contributed by atoms with Crippen molar-refractivity contribution in [3.05, 3.63) is 55.8 Å². The van der Waals surface area contributed by atoms with Gasteiger partial charge in [-0.3, -0.25) is 4.79 Å². The molecular formula is C14H8Cl3NOS. The number of aromatic nitrogens is 1. The first-order valence-electron chi connectivity index (χ1n) is 5.77. The molecule has 0 N–H and O–H groups in total. The number of thiophene rings is 1. The lowest BCUT2D eigenvalue weighted by Crippen LogP contribution is -2.09. The van der Waals surface area contributed by atoms with Gasteiger partial charge in [0.1, 0.15) is 4.34 Å². The number of benzene rings is 1. The molecule has 0 bridgehead atoms. The first-order valence-corrected chi connectivity index (χ1v) is 7.72. The molecule has 20 heavy (non-hydrogen) atoms. The Labute approximate surface area is 134 Å². The van der Waals surface area contributed by atoms with E-state index in [0.29, 0.717) is 19.3 Å². The van der Waals surface area contributed by atoms with Crippen molar-refractivity contribution < 1.29 is 4.79 Å². The van der Waals surface area contributed by atoms with Crippen LogP contribution >= 0.6 is 46.1 Å². The normalized spacial score (nSPS) is 11.2. The average molecular weight is 345 g/mol. The standard InChI is InChI=1S/C14H8Cl3NOS/c15-9-2-1-8-3-4-18(11(8)5-9)7-12(19)10-6-13(16)20-14(10)17/h1-6H,7H2. The smallest absolute Gasteiger partial charge is 0.184 e. The second kappa shape index (κ2) is 5.41. The largest absolute Gasteiger partial charge is 0.340 e. The second-order valence-corrected chi connectivity index (χ2v) is 7.03. The minimum absolute atomic E-state index is 0.0735. The highest BCUT2D eigenvalue weighted by molar-refractivity contribution is 7.20. The zero-order valence-corrected chi connectivity index (χ0v) is 13.2. The number of ketones is 1. The van der Waals surface area contributed by atoms with E-state index in [-0.39, 0.29) is 12.3 Å². The molecule has 0 spiro atoms. The molecule has 3 rings (SSSR count). The lowest BCUT2D eigenvalue weighted by atomic mass is 10.2. The van der Waals surface area contributed by atoms with Crippen LogP contribution in [0.4, 0.5) is 0 Å². The molecule has 0 fully saturated rings. The van der Waals surface area contributed by atoms with E-state index in [4.69, 9.17) is 34.8 Å². The Morgan fingerprint density at radius 1 is 1.15 bits per heavy atom. The van der Waals surface area contributed by atoms with Gasteiger partial charge in [0.05, 0.1) is 16.4 Å². The number of Topliss-reactive ketones (excluding diaryl/α,β-unsaturated/α-hetero) is 1. The van der Waals surface area contributed by atoms with Crippen LogP contribution in [0.15, 0.2) is 36.5 Å². The van der Waals surface area contributed by atoms with Crippen molar-refractivity contribution in [2.75, 3.05) is 0 Å². The van der Waals surface area contributed by atoms with Gasteiger partial charge in [-0.15, -0.1) is 11.3 Å². The van der Waals surface area contributed by atoms with Crippen LogP contribution in [0, 0.1) is 0 Å². The third-order valence-electron chi connectivity index (χ3n) is 3.01. The fourth-order valence-electron chi connectivity index (χ4n) is 2.07. The molecule has 0 aliphatic rings. The Morgan fingerprint density at radius 2 is 1.95 bits per heavy atom. The van der Waals surface area contributed by atoms with E-state index in [1.807, 2.05) is 35.0 Å². The highest BCUT2D eigenvalue weighted by atomic mass is 35.5. The topological polar surface area (TPSA) is 22.0 Å². The lowest BCUT2D eigenvalue weighted by Gasteiger charge is -2.04. The summed E-state index contributed by atoms with van der Waals surface area (Å²) in [5.41, 5.74) is 1.38. The van der Waals surface area contributed by atoms with Crippen molar-refractivity contribution in [1.29, 1.82) is 0 Å². The molecule has 2 nitrogen and oxygen atoms in total. The maximum atomic E-state index is 12.3. The Bertz CT molecular complexity index is 806. The Balaban J connectivity index is 1.95. The molecule has 6 heteroatoms. The third-order valence-corrected chi connectivity index (χ3v) is 4.73. The van der Waals surface area contributed by atoms with Gasteiger partial charge in [-0.05, 0) is 29.7 Å². The number of hydrogen-bond acceptors (Lipinski definition) is 2. The molecular weight excluding hydrogens is 337 g/mol. The maximum Gasteiger partial charge on any atom is 0.184 e. The Hall–Kier alpha value is -1.000. The first-order chi connectivity index (χ1) is 9.54. The van der Waals surface area contributed by atoms with Crippen LogP contribution in [0.2, 0.25) is 13.7 Å². The molecule has 1 aromatic carbocycles. The Morgan fingerprint density at radius 3 is 2.65 bits per heavy atom. The minimum Gasteiger partial charge on any atom is -0.340 e. The van der Waals surface area contributed by atoms with E-state index < -0.39 is 0 Å². The average Bonchev–Trinajstić information content (AvgIpc) is 2.93. The summed E-state index contributed by atoms with van der Waals surface area (Å²) >= 11 is 19.1. The van der Waals surface area contributed by atoms with Crippen molar-refractivity contribution in [3.63, 3.8) is 0 Å². The molecule has 2 heterocycles. The van der Waals surface area contributed by atoms with Crippen LogP contribution in [0.1, 0.15) is 10.4 Å².